The van der Waals surface area contributed by atoms with E-state index in [-0.39, 0.29) is 42.1 Å². The molecule has 1 N–H and O–H groups in total. The molecule has 3 aliphatic rings. The van der Waals surface area contributed by atoms with Gasteiger partial charge in [0.25, 0.3) is 0 Å². The molecule has 1 aromatic carbocycles. The predicted molar refractivity (Wildman–Crippen MR) is 194 cm³/mol. The van der Waals surface area contributed by atoms with Crippen molar-refractivity contribution in [2.24, 2.45) is 11.3 Å². The Kier molecular flexibility index (Phi) is 14.1. The van der Waals surface area contributed by atoms with Crippen LogP contribution in [0, 0.1) is 11.3 Å². The Balaban J connectivity index is 1.45. The number of piperidine rings is 1. The maximum atomic E-state index is 14.3. The number of rotatable bonds is 13. The highest BCUT2D eigenvalue weighted by Crippen LogP contribution is 2.30. The number of ether oxygens (including phenoxy) is 2. The van der Waals surface area contributed by atoms with Gasteiger partial charge in [0, 0.05) is 26.2 Å². The van der Waals surface area contributed by atoms with E-state index in [0.717, 1.165) is 32.2 Å². The van der Waals surface area contributed by atoms with Crippen LogP contribution in [0.2, 0.25) is 0 Å². The minimum Gasteiger partial charge on any atom is -0.469 e. The fourth-order valence-electron chi connectivity index (χ4n) is 7.82. The van der Waals surface area contributed by atoms with Crippen molar-refractivity contribution in [1.82, 2.24) is 24.9 Å². The second-order valence-electron chi connectivity index (χ2n) is 16.0. The Labute approximate surface area is 304 Å². The molecule has 0 saturated carbocycles. The third-order valence-corrected chi connectivity index (χ3v) is 11.0. The van der Waals surface area contributed by atoms with Gasteiger partial charge >= 0.3 is 11.9 Å². The summed E-state index contributed by atoms with van der Waals surface area (Å²) in [5.74, 6) is -1.29. The van der Waals surface area contributed by atoms with Crippen LogP contribution in [0.3, 0.4) is 0 Å². The van der Waals surface area contributed by atoms with Crippen molar-refractivity contribution >= 4 is 29.7 Å². The minimum absolute atomic E-state index is 0.0790. The Morgan fingerprint density at radius 2 is 1.55 bits per heavy atom. The fourth-order valence-corrected chi connectivity index (χ4v) is 7.82. The second kappa shape index (κ2) is 17.8. The molecule has 3 fully saturated rings. The van der Waals surface area contributed by atoms with Crippen molar-refractivity contribution < 1.29 is 33.4 Å². The molecule has 4 rings (SSSR count). The molecule has 6 atom stereocenters. The second-order valence-corrected chi connectivity index (χ2v) is 16.0. The fraction of sp³-hybridized carbons (Fsp3) is 0.718. The molecular weight excluding hydrogens is 650 g/mol. The van der Waals surface area contributed by atoms with E-state index < -0.39 is 41.6 Å². The molecule has 3 amide bonds. The van der Waals surface area contributed by atoms with Crippen LogP contribution in [0.25, 0.3) is 0 Å². The molecule has 3 heterocycles. The summed E-state index contributed by atoms with van der Waals surface area (Å²) in [7, 11) is 5.07. The number of carbonyl (C=O) groups excluding carboxylic acids is 5. The smallest absolute Gasteiger partial charge is 0.329 e. The quantitative estimate of drug-likeness (QED) is 0.304. The summed E-state index contributed by atoms with van der Waals surface area (Å²) < 4.78 is 10.8. The standard InChI is InChI=1S/C39H61N5O7/c1-26(2)31(42(7)37(48)34(39(3,4)5)40-35(46)28-18-12-13-21-41(28)6)25-43-22-14-19-29(43)36(47)44-23-15-20-30(44)38(49)51-32(24-33(45)50-8)27-16-10-9-11-17-27/h9-11,16-17,26,28-32,34H,12-15,18-25H2,1-8H3,(H,40,46)/t28?,29-,30-,31+,32?,34+/m0/s1. The zero-order valence-corrected chi connectivity index (χ0v) is 32.1. The number of nitrogens with zero attached hydrogens (tertiary/aromatic N) is 4. The normalized spacial score (nSPS) is 23.4. The number of nitrogens with one attached hydrogen (secondary N) is 1. The topological polar surface area (TPSA) is 129 Å². The first kappa shape index (κ1) is 40.3. The van der Waals surface area contributed by atoms with Crippen LogP contribution >= 0.6 is 0 Å². The van der Waals surface area contributed by atoms with Crippen molar-refractivity contribution in [2.75, 3.05) is 47.4 Å². The van der Waals surface area contributed by atoms with Gasteiger partial charge in [0.05, 0.1) is 25.6 Å². The lowest BCUT2D eigenvalue weighted by molar-refractivity contribution is -0.162. The largest absolute Gasteiger partial charge is 0.469 e. The van der Waals surface area contributed by atoms with Gasteiger partial charge in [-0.15, -0.1) is 0 Å². The van der Waals surface area contributed by atoms with Gasteiger partial charge in [-0.3, -0.25) is 29.0 Å². The Morgan fingerprint density at radius 3 is 2.18 bits per heavy atom. The van der Waals surface area contributed by atoms with E-state index in [4.69, 9.17) is 9.47 Å². The highest BCUT2D eigenvalue weighted by atomic mass is 16.6. The molecule has 2 unspecified atom stereocenters. The van der Waals surface area contributed by atoms with Crippen LogP contribution in [0.15, 0.2) is 30.3 Å². The number of hydrogen-bond donors (Lipinski definition) is 1. The zero-order valence-electron chi connectivity index (χ0n) is 32.1. The highest BCUT2D eigenvalue weighted by molar-refractivity contribution is 5.91. The summed E-state index contributed by atoms with van der Waals surface area (Å²) in [6.07, 6.45) is 4.53. The molecular formula is C39H61N5O7. The van der Waals surface area contributed by atoms with Gasteiger partial charge in [0.2, 0.25) is 17.7 Å². The molecule has 284 valence electrons. The SMILES string of the molecule is COC(=O)CC(OC(=O)[C@@H]1CCCN1C(=O)[C@@H]1CCCN1C[C@H](C(C)C)N(C)C(=O)[C@@H](NC(=O)C1CCCCN1C)C(C)(C)C)c1ccccc1. The summed E-state index contributed by atoms with van der Waals surface area (Å²) in [5, 5.41) is 3.13. The summed E-state index contributed by atoms with van der Waals surface area (Å²) in [6, 6.07) is 6.74. The van der Waals surface area contributed by atoms with Crippen LogP contribution in [-0.4, -0.2) is 127 Å². The van der Waals surface area contributed by atoms with Gasteiger partial charge in [-0.2, -0.15) is 0 Å². The number of benzene rings is 1. The number of amides is 3. The van der Waals surface area contributed by atoms with Crippen LogP contribution in [0.5, 0.6) is 0 Å². The van der Waals surface area contributed by atoms with Crippen LogP contribution < -0.4 is 5.32 Å². The molecule has 12 nitrogen and oxygen atoms in total. The monoisotopic (exact) mass is 711 g/mol. The van der Waals surface area contributed by atoms with E-state index >= 15 is 0 Å². The van der Waals surface area contributed by atoms with E-state index in [1.54, 1.807) is 21.9 Å². The van der Waals surface area contributed by atoms with Gasteiger partial charge in [0.1, 0.15) is 18.2 Å². The molecule has 3 saturated heterocycles. The number of likely N-dealkylation sites (tertiary alicyclic amines) is 3. The minimum atomic E-state index is -0.822. The van der Waals surface area contributed by atoms with E-state index in [9.17, 15) is 24.0 Å². The number of esters is 2. The van der Waals surface area contributed by atoms with Crippen molar-refractivity contribution in [3.8, 4) is 0 Å². The molecule has 0 aromatic heterocycles. The molecule has 51 heavy (non-hydrogen) atoms. The molecule has 0 radical (unpaired) electrons. The Bertz CT molecular complexity index is 1370. The maximum Gasteiger partial charge on any atom is 0.329 e. The van der Waals surface area contributed by atoms with Crippen LogP contribution in [-0.2, 0) is 33.4 Å². The summed E-state index contributed by atoms with van der Waals surface area (Å²) in [5.41, 5.74) is 0.166. The summed E-state index contributed by atoms with van der Waals surface area (Å²) >= 11 is 0. The van der Waals surface area contributed by atoms with Gasteiger partial charge in [-0.1, -0.05) is 71.4 Å². The van der Waals surface area contributed by atoms with E-state index in [0.29, 0.717) is 44.5 Å². The lowest BCUT2D eigenvalue weighted by Crippen LogP contribution is -2.61. The average molecular weight is 712 g/mol. The Hall–Kier alpha value is -3.51. The van der Waals surface area contributed by atoms with Gasteiger partial charge in [-0.05, 0) is 75.6 Å². The van der Waals surface area contributed by atoms with Gasteiger partial charge < -0.3 is 24.6 Å². The predicted octanol–water partition coefficient (Wildman–Crippen LogP) is 3.79. The van der Waals surface area contributed by atoms with Crippen molar-refractivity contribution in [3.63, 3.8) is 0 Å². The average Bonchev–Trinajstić information content (AvgIpc) is 3.78. The number of hydrogen-bond acceptors (Lipinski definition) is 9. The van der Waals surface area contributed by atoms with E-state index in [1.165, 1.54) is 7.11 Å². The number of likely N-dealkylation sites (N-methyl/N-ethyl adjacent to an activating group) is 2. The summed E-state index contributed by atoms with van der Waals surface area (Å²) in [4.78, 5) is 75.4. The van der Waals surface area contributed by atoms with Crippen LogP contribution in [0.1, 0.15) is 97.7 Å². The van der Waals surface area contributed by atoms with E-state index in [1.807, 2.05) is 53.1 Å². The zero-order chi connectivity index (χ0) is 37.5. The molecule has 0 bridgehead atoms. The lowest BCUT2D eigenvalue weighted by Gasteiger charge is -2.41. The maximum absolute atomic E-state index is 14.3. The number of carbonyl (C=O) groups is 5. The van der Waals surface area contributed by atoms with Gasteiger partial charge in [0.15, 0.2) is 0 Å². The number of methoxy groups -OCH3 is 1. The Morgan fingerprint density at radius 1 is 0.902 bits per heavy atom. The van der Waals surface area contributed by atoms with E-state index in [2.05, 4.69) is 29.0 Å². The van der Waals surface area contributed by atoms with Crippen molar-refractivity contribution in [3.05, 3.63) is 35.9 Å². The highest BCUT2D eigenvalue weighted by Gasteiger charge is 2.44. The van der Waals surface area contributed by atoms with Crippen molar-refractivity contribution in [1.29, 1.82) is 0 Å². The third-order valence-electron chi connectivity index (χ3n) is 11.0. The summed E-state index contributed by atoms with van der Waals surface area (Å²) in [6.45, 7) is 12.6. The first-order valence-corrected chi connectivity index (χ1v) is 18.8. The molecule has 12 heteroatoms. The third kappa shape index (κ3) is 10.1. The molecule has 1 aromatic rings. The first-order valence-electron chi connectivity index (χ1n) is 18.8. The molecule has 0 aliphatic carbocycles. The van der Waals surface area contributed by atoms with Gasteiger partial charge in [-0.25, -0.2) is 4.79 Å². The first-order chi connectivity index (χ1) is 24.1. The molecule has 3 aliphatic heterocycles. The molecule has 0 spiro atoms. The van der Waals surface area contributed by atoms with Crippen LogP contribution in [0.4, 0.5) is 0 Å². The van der Waals surface area contributed by atoms with Crippen molar-refractivity contribution in [2.45, 2.75) is 122 Å². The lowest BCUT2D eigenvalue weighted by atomic mass is 9.84.